The number of rotatable bonds is 2. The average molecular weight is 236 g/mol. The highest BCUT2D eigenvalue weighted by atomic mass is 16.3. The third kappa shape index (κ3) is 2.52. The SMILES string of the molecule is CCC1CN(C(=O)c2coc(C)c2)CCC1N. The molecule has 1 amide bonds. The summed E-state index contributed by atoms with van der Waals surface area (Å²) in [7, 11) is 0. The first-order chi connectivity index (χ1) is 8.11. The van der Waals surface area contributed by atoms with E-state index >= 15 is 0 Å². The van der Waals surface area contributed by atoms with Gasteiger partial charge >= 0.3 is 0 Å². The number of furan rings is 1. The Hall–Kier alpha value is -1.29. The van der Waals surface area contributed by atoms with Gasteiger partial charge in [-0.05, 0) is 25.3 Å². The minimum atomic E-state index is 0.0622. The highest BCUT2D eigenvalue weighted by molar-refractivity contribution is 5.94. The summed E-state index contributed by atoms with van der Waals surface area (Å²) in [5.74, 6) is 1.25. The van der Waals surface area contributed by atoms with Crippen LogP contribution in [-0.2, 0) is 0 Å². The van der Waals surface area contributed by atoms with Crippen molar-refractivity contribution in [1.29, 1.82) is 0 Å². The third-order valence-corrected chi connectivity index (χ3v) is 3.58. The second kappa shape index (κ2) is 4.92. The Labute approximate surface area is 102 Å². The first-order valence-corrected chi connectivity index (χ1v) is 6.21. The lowest BCUT2D eigenvalue weighted by atomic mass is 9.90. The van der Waals surface area contributed by atoms with Crippen LogP contribution in [0, 0.1) is 12.8 Å². The van der Waals surface area contributed by atoms with Gasteiger partial charge in [0.25, 0.3) is 5.91 Å². The number of hydrogen-bond acceptors (Lipinski definition) is 3. The Bertz CT molecular complexity index is 400. The number of nitrogens with zero attached hydrogens (tertiary/aromatic N) is 1. The van der Waals surface area contributed by atoms with Crippen LogP contribution in [-0.4, -0.2) is 29.9 Å². The van der Waals surface area contributed by atoms with E-state index in [1.54, 1.807) is 6.07 Å². The number of aryl methyl sites for hydroxylation is 1. The topological polar surface area (TPSA) is 59.5 Å². The van der Waals surface area contributed by atoms with E-state index in [1.807, 2.05) is 11.8 Å². The van der Waals surface area contributed by atoms with Gasteiger partial charge in [0.05, 0.1) is 5.56 Å². The number of amides is 1. The summed E-state index contributed by atoms with van der Waals surface area (Å²) < 4.78 is 5.18. The van der Waals surface area contributed by atoms with Crippen LogP contribution >= 0.6 is 0 Å². The molecule has 1 aliphatic heterocycles. The van der Waals surface area contributed by atoms with E-state index in [-0.39, 0.29) is 11.9 Å². The van der Waals surface area contributed by atoms with Crippen molar-refractivity contribution in [2.75, 3.05) is 13.1 Å². The van der Waals surface area contributed by atoms with Gasteiger partial charge in [0.15, 0.2) is 0 Å². The van der Waals surface area contributed by atoms with Gasteiger partial charge in [0.2, 0.25) is 0 Å². The van der Waals surface area contributed by atoms with E-state index in [4.69, 9.17) is 10.2 Å². The van der Waals surface area contributed by atoms with Crippen LogP contribution in [0.4, 0.5) is 0 Å². The Morgan fingerprint density at radius 3 is 3.00 bits per heavy atom. The molecule has 1 aromatic heterocycles. The standard InChI is InChI=1S/C13H20N2O2/c1-3-10-7-15(5-4-12(10)14)13(16)11-6-9(2)17-8-11/h6,8,10,12H,3-5,7,14H2,1-2H3. The second-order valence-electron chi connectivity index (χ2n) is 4.82. The number of carbonyl (C=O) groups excluding carboxylic acids is 1. The molecule has 0 spiro atoms. The lowest BCUT2D eigenvalue weighted by Gasteiger charge is -2.36. The molecule has 0 aliphatic carbocycles. The van der Waals surface area contributed by atoms with Gasteiger partial charge in [-0.3, -0.25) is 4.79 Å². The number of likely N-dealkylation sites (tertiary alicyclic amines) is 1. The maximum absolute atomic E-state index is 12.2. The van der Waals surface area contributed by atoms with Crippen LogP contribution in [0.2, 0.25) is 0 Å². The van der Waals surface area contributed by atoms with Crippen LogP contribution < -0.4 is 5.73 Å². The molecular formula is C13H20N2O2. The van der Waals surface area contributed by atoms with E-state index < -0.39 is 0 Å². The van der Waals surface area contributed by atoms with Gasteiger partial charge in [0, 0.05) is 19.1 Å². The van der Waals surface area contributed by atoms with Gasteiger partial charge in [-0.15, -0.1) is 0 Å². The fraction of sp³-hybridized carbons (Fsp3) is 0.615. The highest BCUT2D eigenvalue weighted by Gasteiger charge is 2.28. The fourth-order valence-corrected chi connectivity index (χ4v) is 2.40. The van der Waals surface area contributed by atoms with E-state index in [9.17, 15) is 4.79 Å². The predicted molar refractivity (Wildman–Crippen MR) is 65.7 cm³/mol. The quantitative estimate of drug-likeness (QED) is 0.851. The van der Waals surface area contributed by atoms with Crippen LogP contribution in [0.3, 0.4) is 0 Å². The third-order valence-electron chi connectivity index (χ3n) is 3.58. The summed E-state index contributed by atoms with van der Waals surface area (Å²) in [5, 5.41) is 0. The molecule has 2 unspecified atom stereocenters. The first kappa shape index (κ1) is 12.2. The fourth-order valence-electron chi connectivity index (χ4n) is 2.40. The zero-order valence-electron chi connectivity index (χ0n) is 10.5. The Kier molecular flexibility index (Phi) is 3.52. The van der Waals surface area contributed by atoms with Crippen molar-refractivity contribution < 1.29 is 9.21 Å². The van der Waals surface area contributed by atoms with Crippen LogP contribution in [0.15, 0.2) is 16.7 Å². The normalized spacial score (nSPS) is 25.0. The molecular weight excluding hydrogens is 216 g/mol. The maximum atomic E-state index is 12.2. The molecule has 1 fully saturated rings. The van der Waals surface area contributed by atoms with Crippen LogP contribution in [0.1, 0.15) is 35.9 Å². The van der Waals surface area contributed by atoms with Crippen molar-refractivity contribution in [2.24, 2.45) is 11.7 Å². The van der Waals surface area contributed by atoms with E-state index in [0.29, 0.717) is 11.5 Å². The molecule has 1 aromatic rings. The lowest BCUT2D eigenvalue weighted by molar-refractivity contribution is 0.0648. The summed E-state index contributed by atoms with van der Waals surface area (Å²) in [6.45, 7) is 5.49. The smallest absolute Gasteiger partial charge is 0.257 e. The van der Waals surface area contributed by atoms with Crippen molar-refractivity contribution in [1.82, 2.24) is 4.90 Å². The number of piperidine rings is 1. The lowest BCUT2D eigenvalue weighted by Crippen LogP contribution is -2.48. The summed E-state index contributed by atoms with van der Waals surface area (Å²) in [6.07, 6.45) is 3.45. The molecule has 2 heterocycles. The summed E-state index contributed by atoms with van der Waals surface area (Å²) in [6, 6.07) is 2.02. The van der Waals surface area contributed by atoms with Crippen molar-refractivity contribution >= 4 is 5.91 Å². The molecule has 0 radical (unpaired) electrons. The average Bonchev–Trinajstić information content (AvgIpc) is 2.75. The summed E-state index contributed by atoms with van der Waals surface area (Å²) in [5.41, 5.74) is 6.68. The maximum Gasteiger partial charge on any atom is 0.257 e. The van der Waals surface area contributed by atoms with Gasteiger partial charge in [-0.2, -0.15) is 0 Å². The molecule has 0 bridgehead atoms. The molecule has 17 heavy (non-hydrogen) atoms. The zero-order valence-corrected chi connectivity index (χ0v) is 10.5. The summed E-state index contributed by atoms with van der Waals surface area (Å²) >= 11 is 0. The minimum absolute atomic E-state index is 0.0622. The number of hydrogen-bond donors (Lipinski definition) is 1. The molecule has 94 valence electrons. The molecule has 0 aromatic carbocycles. The largest absolute Gasteiger partial charge is 0.469 e. The first-order valence-electron chi connectivity index (χ1n) is 6.21. The Balaban J connectivity index is 2.05. The number of carbonyl (C=O) groups is 1. The van der Waals surface area contributed by atoms with Crippen molar-refractivity contribution in [3.8, 4) is 0 Å². The van der Waals surface area contributed by atoms with Crippen molar-refractivity contribution in [2.45, 2.75) is 32.7 Å². The van der Waals surface area contributed by atoms with E-state index in [2.05, 4.69) is 6.92 Å². The minimum Gasteiger partial charge on any atom is -0.469 e. The molecule has 4 nitrogen and oxygen atoms in total. The van der Waals surface area contributed by atoms with Crippen molar-refractivity contribution in [3.63, 3.8) is 0 Å². The van der Waals surface area contributed by atoms with Gasteiger partial charge < -0.3 is 15.1 Å². The molecule has 2 N–H and O–H groups in total. The van der Waals surface area contributed by atoms with E-state index in [1.165, 1.54) is 6.26 Å². The second-order valence-corrected chi connectivity index (χ2v) is 4.82. The van der Waals surface area contributed by atoms with E-state index in [0.717, 1.165) is 31.7 Å². The van der Waals surface area contributed by atoms with Crippen LogP contribution in [0.5, 0.6) is 0 Å². The van der Waals surface area contributed by atoms with Gasteiger partial charge in [-0.25, -0.2) is 0 Å². The number of nitrogens with two attached hydrogens (primary N) is 1. The molecule has 4 heteroatoms. The van der Waals surface area contributed by atoms with Gasteiger partial charge in [-0.1, -0.05) is 13.3 Å². The molecule has 0 saturated carbocycles. The van der Waals surface area contributed by atoms with Gasteiger partial charge in [0.1, 0.15) is 12.0 Å². The Morgan fingerprint density at radius 1 is 1.65 bits per heavy atom. The Morgan fingerprint density at radius 2 is 2.41 bits per heavy atom. The van der Waals surface area contributed by atoms with Crippen LogP contribution in [0.25, 0.3) is 0 Å². The molecule has 2 rings (SSSR count). The summed E-state index contributed by atoms with van der Waals surface area (Å²) in [4.78, 5) is 14.1. The molecule has 1 saturated heterocycles. The van der Waals surface area contributed by atoms with Crippen molar-refractivity contribution in [3.05, 3.63) is 23.7 Å². The highest BCUT2D eigenvalue weighted by Crippen LogP contribution is 2.20. The zero-order chi connectivity index (χ0) is 12.4. The predicted octanol–water partition coefficient (Wildman–Crippen LogP) is 1.79. The molecule has 1 aliphatic rings. The monoisotopic (exact) mass is 236 g/mol. The molecule has 2 atom stereocenters.